The SMILES string of the molecule is COc1cc(C)c2c(c1)cc(C(F)(F)F)n2C. The molecule has 2 rings (SSSR count). The van der Waals surface area contributed by atoms with Crippen LogP contribution in [0.25, 0.3) is 10.9 Å². The molecule has 0 aliphatic rings. The van der Waals surface area contributed by atoms with Crippen molar-refractivity contribution < 1.29 is 17.9 Å². The Labute approximate surface area is 96.6 Å². The summed E-state index contributed by atoms with van der Waals surface area (Å²) in [5.41, 5.74) is 0.694. The molecule has 1 aromatic heterocycles. The maximum atomic E-state index is 12.7. The lowest BCUT2D eigenvalue weighted by Crippen LogP contribution is -2.10. The first-order valence-electron chi connectivity index (χ1n) is 5.06. The second-order valence-electron chi connectivity index (χ2n) is 3.97. The smallest absolute Gasteiger partial charge is 0.431 e. The predicted molar refractivity (Wildman–Crippen MR) is 59.2 cm³/mol. The van der Waals surface area contributed by atoms with Gasteiger partial charge in [-0.25, -0.2) is 0 Å². The van der Waals surface area contributed by atoms with Crippen molar-refractivity contribution in [2.24, 2.45) is 7.05 Å². The molecule has 0 unspecified atom stereocenters. The van der Waals surface area contributed by atoms with Gasteiger partial charge in [0.05, 0.1) is 12.6 Å². The summed E-state index contributed by atoms with van der Waals surface area (Å²) in [5.74, 6) is 0.564. The molecule has 17 heavy (non-hydrogen) atoms. The van der Waals surface area contributed by atoms with E-state index < -0.39 is 11.9 Å². The van der Waals surface area contributed by atoms with Gasteiger partial charge in [0.15, 0.2) is 0 Å². The van der Waals surface area contributed by atoms with E-state index in [1.807, 2.05) is 0 Å². The van der Waals surface area contributed by atoms with Gasteiger partial charge in [-0.1, -0.05) is 0 Å². The van der Waals surface area contributed by atoms with E-state index in [4.69, 9.17) is 4.74 Å². The summed E-state index contributed by atoms with van der Waals surface area (Å²) >= 11 is 0. The van der Waals surface area contributed by atoms with Gasteiger partial charge in [0.1, 0.15) is 11.4 Å². The Bertz CT molecular complexity index is 569. The van der Waals surface area contributed by atoms with Gasteiger partial charge < -0.3 is 9.30 Å². The van der Waals surface area contributed by atoms with Crippen molar-refractivity contribution in [3.05, 3.63) is 29.5 Å². The van der Waals surface area contributed by atoms with Crippen LogP contribution in [0.15, 0.2) is 18.2 Å². The summed E-state index contributed by atoms with van der Waals surface area (Å²) in [6.45, 7) is 1.77. The summed E-state index contributed by atoms with van der Waals surface area (Å²) in [7, 11) is 2.92. The minimum Gasteiger partial charge on any atom is -0.497 e. The zero-order valence-electron chi connectivity index (χ0n) is 9.72. The Balaban J connectivity index is 2.78. The fourth-order valence-electron chi connectivity index (χ4n) is 2.10. The molecule has 0 fully saturated rings. The minimum absolute atomic E-state index is 0.539. The summed E-state index contributed by atoms with van der Waals surface area (Å²) in [6, 6.07) is 4.48. The lowest BCUT2D eigenvalue weighted by Gasteiger charge is -2.09. The van der Waals surface area contributed by atoms with E-state index in [1.165, 1.54) is 18.7 Å². The van der Waals surface area contributed by atoms with Crippen LogP contribution in [0.3, 0.4) is 0 Å². The fraction of sp³-hybridized carbons (Fsp3) is 0.333. The van der Waals surface area contributed by atoms with Crippen LogP contribution in [0.5, 0.6) is 5.75 Å². The van der Waals surface area contributed by atoms with Crippen molar-refractivity contribution in [3.63, 3.8) is 0 Å². The predicted octanol–water partition coefficient (Wildman–Crippen LogP) is 3.51. The van der Waals surface area contributed by atoms with Crippen LogP contribution >= 0.6 is 0 Å². The number of hydrogen-bond donors (Lipinski definition) is 0. The number of aryl methyl sites for hydroxylation is 2. The number of nitrogens with zero attached hydrogens (tertiary/aromatic N) is 1. The van der Waals surface area contributed by atoms with Gasteiger partial charge in [0, 0.05) is 12.4 Å². The molecule has 0 spiro atoms. The minimum atomic E-state index is -4.34. The van der Waals surface area contributed by atoms with Crippen molar-refractivity contribution in [1.29, 1.82) is 0 Å². The van der Waals surface area contributed by atoms with Crippen molar-refractivity contribution in [2.45, 2.75) is 13.1 Å². The van der Waals surface area contributed by atoms with Crippen LogP contribution in [0.4, 0.5) is 13.2 Å². The van der Waals surface area contributed by atoms with Crippen LogP contribution in [0.2, 0.25) is 0 Å². The van der Waals surface area contributed by atoms with E-state index in [1.54, 1.807) is 19.1 Å². The molecule has 92 valence electrons. The van der Waals surface area contributed by atoms with E-state index in [0.29, 0.717) is 16.7 Å². The highest BCUT2D eigenvalue weighted by atomic mass is 19.4. The van der Waals surface area contributed by atoms with E-state index >= 15 is 0 Å². The molecule has 0 bridgehead atoms. The number of hydrogen-bond acceptors (Lipinski definition) is 1. The number of benzene rings is 1. The van der Waals surface area contributed by atoms with Gasteiger partial charge in [0.25, 0.3) is 0 Å². The molecule has 0 saturated heterocycles. The third-order valence-corrected chi connectivity index (χ3v) is 2.82. The Morgan fingerprint density at radius 3 is 2.35 bits per heavy atom. The molecule has 0 radical (unpaired) electrons. The molecule has 5 heteroatoms. The monoisotopic (exact) mass is 243 g/mol. The molecular weight excluding hydrogens is 231 g/mol. The van der Waals surface area contributed by atoms with E-state index in [0.717, 1.165) is 11.6 Å². The first-order chi connectivity index (χ1) is 7.84. The lowest BCUT2D eigenvalue weighted by molar-refractivity contribution is -0.142. The highest BCUT2D eigenvalue weighted by Gasteiger charge is 2.34. The summed E-state index contributed by atoms with van der Waals surface area (Å²) in [4.78, 5) is 0. The third kappa shape index (κ3) is 1.85. The van der Waals surface area contributed by atoms with Crippen molar-refractivity contribution in [3.8, 4) is 5.75 Å². The molecule has 2 aromatic rings. The van der Waals surface area contributed by atoms with Gasteiger partial charge >= 0.3 is 6.18 Å². The number of alkyl halides is 3. The molecule has 0 saturated carbocycles. The Morgan fingerprint density at radius 1 is 1.18 bits per heavy atom. The van der Waals surface area contributed by atoms with E-state index in [-0.39, 0.29) is 0 Å². The lowest BCUT2D eigenvalue weighted by atomic mass is 10.1. The average Bonchev–Trinajstić information content (AvgIpc) is 2.55. The van der Waals surface area contributed by atoms with Gasteiger partial charge in [-0.15, -0.1) is 0 Å². The van der Waals surface area contributed by atoms with Gasteiger partial charge in [-0.05, 0) is 30.7 Å². The average molecular weight is 243 g/mol. The fourth-order valence-corrected chi connectivity index (χ4v) is 2.10. The topological polar surface area (TPSA) is 14.2 Å². The first-order valence-corrected chi connectivity index (χ1v) is 5.06. The number of rotatable bonds is 1. The largest absolute Gasteiger partial charge is 0.497 e. The van der Waals surface area contributed by atoms with Crippen LogP contribution < -0.4 is 4.74 Å². The normalized spacial score (nSPS) is 12.1. The van der Waals surface area contributed by atoms with Crippen LogP contribution in [0.1, 0.15) is 11.3 Å². The van der Waals surface area contributed by atoms with E-state index in [9.17, 15) is 13.2 Å². The molecule has 2 nitrogen and oxygen atoms in total. The quantitative estimate of drug-likeness (QED) is 0.747. The van der Waals surface area contributed by atoms with Gasteiger partial charge in [0.2, 0.25) is 0 Å². The van der Waals surface area contributed by atoms with Crippen molar-refractivity contribution >= 4 is 10.9 Å². The molecule has 0 aliphatic heterocycles. The second-order valence-corrected chi connectivity index (χ2v) is 3.97. The Hall–Kier alpha value is -1.65. The van der Waals surface area contributed by atoms with Crippen molar-refractivity contribution in [2.75, 3.05) is 7.11 Å². The van der Waals surface area contributed by atoms with Gasteiger partial charge in [-0.3, -0.25) is 0 Å². The number of fused-ring (bicyclic) bond motifs is 1. The maximum Gasteiger partial charge on any atom is 0.431 e. The molecule has 1 aromatic carbocycles. The maximum absolute atomic E-state index is 12.7. The Kier molecular flexibility index (Phi) is 2.56. The van der Waals surface area contributed by atoms with E-state index in [2.05, 4.69) is 0 Å². The Morgan fingerprint density at radius 2 is 1.82 bits per heavy atom. The highest BCUT2D eigenvalue weighted by molar-refractivity contribution is 5.86. The van der Waals surface area contributed by atoms with Crippen LogP contribution in [-0.2, 0) is 13.2 Å². The number of ether oxygens (including phenoxy) is 1. The second kappa shape index (κ2) is 3.68. The molecule has 0 N–H and O–H groups in total. The zero-order valence-corrected chi connectivity index (χ0v) is 9.72. The summed E-state index contributed by atoms with van der Waals surface area (Å²) < 4.78 is 44.5. The van der Waals surface area contributed by atoms with Crippen molar-refractivity contribution in [1.82, 2.24) is 4.57 Å². The molecule has 1 heterocycles. The molecule has 0 amide bonds. The van der Waals surface area contributed by atoms with Crippen LogP contribution in [0, 0.1) is 6.92 Å². The molecular formula is C12H12F3NO. The van der Waals surface area contributed by atoms with Gasteiger partial charge in [-0.2, -0.15) is 13.2 Å². The zero-order chi connectivity index (χ0) is 12.8. The highest BCUT2D eigenvalue weighted by Crippen LogP contribution is 2.35. The number of methoxy groups -OCH3 is 1. The molecule has 0 atom stereocenters. The number of halogens is 3. The summed E-state index contributed by atoms with van der Waals surface area (Å²) in [5, 5.41) is 0.539. The number of aromatic nitrogens is 1. The van der Waals surface area contributed by atoms with Crippen LogP contribution in [-0.4, -0.2) is 11.7 Å². The summed E-state index contributed by atoms with van der Waals surface area (Å²) in [6.07, 6.45) is -4.34. The molecule has 0 aliphatic carbocycles. The third-order valence-electron chi connectivity index (χ3n) is 2.82. The standard InChI is InChI=1S/C12H12F3NO/c1-7-4-9(17-3)5-8-6-10(12(13,14)15)16(2)11(7)8/h4-6H,1-3H3. The first kappa shape index (κ1) is 11.8.